The van der Waals surface area contributed by atoms with Crippen LogP contribution in [0.5, 0.6) is 0 Å². The van der Waals surface area contributed by atoms with Crippen molar-refractivity contribution in [1.29, 1.82) is 0 Å². The number of aromatic nitrogens is 2. The molecule has 1 aliphatic rings. The Morgan fingerprint density at radius 3 is 3.06 bits per heavy atom. The third-order valence-corrected chi connectivity index (χ3v) is 3.10. The van der Waals surface area contributed by atoms with E-state index in [-0.39, 0.29) is 11.6 Å². The minimum absolute atomic E-state index is 0.0750. The summed E-state index contributed by atoms with van der Waals surface area (Å²) in [4.78, 5) is 28.1. The zero-order valence-electron chi connectivity index (χ0n) is 9.67. The molecule has 1 aromatic rings. The normalized spacial score (nSPS) is 20.3. The van der Waals surface area contributed by atoms with Crippen molar-refractivity contribution < 1.29 is 9.90 Å². The van der Waals surface area contributed by atoms with E-state index in [0.717, 1.165) is 12.8 Å². The second kappa shape index (κ2) is 4.57. The summed E-state index contributed by atoms with van der Waals surface area (Å²) in [5.41, 5.74) is 0.310. The van der Waals surface area contributed by atoms with Gasteiger partial charge in [-0.1, -0.05) is 0 Å². The van der Waals surface area contributed by atoms with Crippen molar-refractivity contribution in [3.8, 4) is 0 Å². The van der Waals surface area contributed by atoms with Gasteiger partial charge in [-0.3, -0.25) is 9.78 Å². The van der Waals surface area contributed by atoms with Gasteiger partial charge in [0.25, 0.3) is 5.56 Å². The van der Waals surface area contributed by atoms with E-state index in [9.17, 15) is 9.59 Å². The predicted molar refractivity (Wildman–Crippen MR) is 61.1 cm³/mol. The maximum atomic E-state index is 11.9. The molecule has 0 radical (unpaired) electrons. The Morgan fingerprint density at radius 2 is 2.35 bits per heavy atom. The van der Waals surface area contributed by atoms with Gasteiger partial charge in [0.15, 0.2) is 0 Å². The fraction of sp³-hybridized carbons (Fsp3) is 0.545. The van der Waals surface area contributed by atoms with Gasteiger partial charge in [0.05, 0.1) is 6.04 Å². The van der Waals surface area contributed by atoms with Gasteiger partial charge in [-0.2, -0.15) is 0 Å². The third-order valence-electron chi connectivity index (χ3n) is 3.10. The molecular weight excluding hydrogens is 222 g/mol. The Morgan fingerprint density at radius 1 is 1.59 bits per heavy atom. The van der Waals surface area contributed by atoms with Gasteiger partial charge in [0.1, 0.15) is 5.69 Å². The topological polar surface area (TPSA) is 75.4 Å². The lowest BCUT2D eigenvalue weighted by molar-refractivity contribution is 0.121. The molecule has 2 heterocycles. The summed E-state index contributed by atoms with van der Waals surface area (Å²) < 4.78 is 1.59. The van der Waals surface area contributed by atoms with Crippen LogP contribution in [0.3, 0.4) is 0 Å². The number of piperidine rings is 1. The van der Waals surface area contributed by atoms with Crippen molar-refractivity contribution >= 4 is 6.09 Å². The highest BCUT2D eigenvalue weighted by Crippen LogP contribution is 2.19. The number of hydrogen-bond donors (Lipinski definition) is 1. The molecule has 0 spiro atoms. The van der Waals surface area contributed by atoms with Crippen LogP contribution in [0.2, 0.25) is 0 Å². The number of nitrogens with zero attached hydrogens (tertiary/aromatic N) is 3. The number of carboxylic acid groups (broad SMARTS) is 1. The number of carbonyl (C=O) groups is 1. The molecule has 17 heavy (non-hydrogen) atoms. The molecule has 1 atom stereocenters. The molecule has 6 heteroatoms. The number of rotatable bonds is 1. The van der Waals surface area contributed by atoms with Crippen molar-refractivity contribution in [3.05, 3.63) is 28.4 Å². The van der Waals surface area contributed by atoms with Crippen LogP contribution in [0, 0.1) is 6.92 Å². The first-order chi connectivity index (χ1) is 8.09. The number of aryl methyl sites for hydroxylation is 1. The van der Waals surface area contributed by atoms with E-state index in [2.05, 4.69) is 4.98 Å². The third kappa shape index (κ3) is 2.30. The fourth-order valence-electron chi connectivity index (χ4n) is 2.17. The van der Waals surface area contributed by atoms with E-state index in [1.807, 2.05) is 0 Å². The van der Waals surface area contributed by atoms with Gasteiger partial charge in [-0.25, -0.2) is 4.79 Å². The van der Waals surface area contributed by atoms with Crippen LogP contribution in [-0.2, 0) is 0 Å². The summed E-state index contributed by atoms with van der Waals surface area (Å²) in [6, 6.07) is -0.0750. The Hall–Kier alpha value is -1.85. The molecule has 1 saturated heterocycles. The largest absolute Gasteiger partial charge is 0.465 e. The van der Waals surface area contributed by atoms with Crippen molar-refractivity contribution in [3.63, 3.8) is 0 Å². The molecule has 6 nitrogen and oxygen atoms in total. The highest BCUT2D eigenvalue weighted by atomic mass is 16.4. The van der Waals surface area contributed by atoms with Gasteiger partial charge in [0.2, 0.25) is 0 Å². The molecule has 1 aromatic heterocycles. The summed E-state index contributed by atoms with van der Waals surface area (Å²) in [6.45, 7) is 2.58. The van der Waals surface area contributed by atoms with E-state index in [4.69, 9.17) is 5.11 Å². The van der Waals surface area contributed by atoms with Crippen LogP contribution < -0.4 is 5.56 Å². The minimum atomic E-state index is -0.923. The standard InChI is InChI=1S/C11H15N3O3/c1-8-10(15)14(6-4-12-8)9-3-2-5-13(7-9)11(16)17/h4,6,9H,2-3,5,7H2,1H3,(H,16,17). The minimum Gasteiger partial charge on any atom is -0.465 e. The molecule has 2 rings (SSSR count). The second-order valence-electron chi connectivity index (χ2n) is 4.25. The summed E-state index contributed by atoms with van der Waals surface area (Å²) in [5.74, 6) is 0. The first kappa shape index (κ1) is 11.6. The van der Waals surface area contributed by atoms with Crippen LogP contribution in [0.15, 0.2) is 17.2 Å². The molecule has 0 saturated carbocycles. The fourth-order valence-corrected chi connectivity index (χ4v) is 2.17. The van der Waals surface area contributed by atoms with Gasteiger partial charge >= 0.3 is 6.09 Å². The maximum absolute atomic E-state index is 11.9. The lowest BCUT2D eigenvalue weighted by atomic mass is 10.1. The highest BCUT2D eigenvalue weighted by Gasteiger charge is 2.24. The molecule has 0 aromatic carbocycles. The van der Waals surface area contributed by atoms with Gasteiger partial charge in [0, 0.05) is 25.5 Å². The van der Waals surface area contributed by atoms with Gasteiger partial charge in [-0.05, 0) is 19.8 Å². The summed E-state index contributed by atoms with van der Waals surface area (Å²) >= 11 is 0. The Balaban J connectivity index is 2.25. The van der Waals surface area contributed by atoms with Crippen LogP contribution in [0.25, 0.3) is 0 Å². The van der Waals surface area contributed by atoms with Crippen molar-refractivity contribution in [2.75, 3.05) is 13.1 Å². The van der Waals surface area contributed by atoms with Crippen LogP contribution in [0.1, 0.15) is 24.6 Å². The first-order valence-corrected chi connectivity index (χ1v) is 5.61. The monoisotopic (exact) mass is 237 g/mol. The predicted octanol–water partition coefficient (Wildman–Crippen LogP) is 0.867. The Labute approximate surface area is 98.5 Å². The molecule has 0 bridgehead atoms. The lowest BCUT2D eigenvalue weighted by Crippen LogP contribution is -2.42. The zero-order chi connectivity index (χ0) is 12.4. The van der Waals surface area contributed by atoms with Gasteiger partial charge in [-0.15, -0.1) is 0 Å². The van der Waals surface area contributed by atoms with Crippen LogP contribution >= 0.6 is 0 Å². The molecular formula is C11H15N3O3. The van der Waals surface area contributed by atoms with E-state index in [1.165, 1.54) is 4.90 Å². The number of hydrogen-bond acceptors (Lipinski definition) is 3. The highest BCUT2D eigenvalue weighted by molar-refractivity contribution is 5.65. The average Bonchev–Trinajstić information content (AvgIpc) is 2.33. The van der Waals surface area contributed by atoms with Crippen molar-refractivity contribution in [2.24, 2.45) is 0 Å². The number of amides is 1. The molecule has 92 valence electrons. The van der Waals surface area contributed by atoms with Crippen LogP contribution in [-0.4, -0.2) is 38.7 Å². The summed E-state index contributed by atoms with van der Waals surface area (Å²) in [6.07, 6.45) is 3.90. The quantitative estimate of drug-likeness (QED) is 0.786. The van der Waals surface area contributed by atoms with E-state index in [0.29, 0.717) is 18.8 Å². The van der Waals surface area contributed by atoms with Crippen LogP contribution in [0.4, 0.5) is 4.79 Å². The van der Waals surface area contributed by atoms with Gasteiger partial charge < -0.3 is 14.6 Å². The summed E-state index contributed by atoms with van der Waals surface area (Å²) in [5, 5.41) is 8.95. The average molecular weight is 237 g/mol. The first-order valence-electron chi connectivity index (χ1n) is 5.61. The molecule has 1 unspecified atom stereocenters. The van der Waals surface area contributed by atoms with Crippen molar-refractivity contribution in [1.82, 2.24) is 14.5 Å². The second-order valence-corrected chi connectivity index (χ2v) is 4.25. The molecule has 1 N–H and O–H groups in total. The van der Waals surface area contributed by atoms with Crippen molar-refractivity contribution in [2.45, 2.75) is 25.8 Å². The van der Waals surface area contributed by atoms with E-state index >= 15 is 0 Å². The Bertz CT molecular complexity index is 483. The molecule has 0 aliphatic carbocycles. The smallest absolute Gasteiger partial charge is 0.407 e. The van der Waals surface area contributed by atoms with E-state index in [1.54, 1.807) is 23.9 Å². The zero-order valence-corrected chi connectivity index (χ0v) is 9.67. The molecule has 1 fully saturated rings. The SMILES string of the molecule is Cc1nccn(C2CCCN(C(=O)O)C2)c1=O. The Kier molecular flexibility index (Phi) is 3.12. The maximum Gasteiger partial charge on any atom is 0.407 e. The molecule has 1 aliphatic heterocycles. The number of likely N-dealkylation sites (tertiary alicyclic amines) is 1. The summed E-state index contributed by atoms with van der Waals surface area (Å²) in [7, 11) is 0. The molecule has 1 amide bonds. The van der Waals surface area contributed by atoms with E-state index < -0.39 is 6.09 Å². The lowest BCUT2D eigenvalue weighted by Gasteiger charge is -2.31.